The Balaban J connectivity index is 2.48. The summed E-state index contributed by atoms with van der Waals surface area (Å²) in [5.41, 5.74) is 2.11. The van der Waals surface area contributed by atoms with Crippen LogP contribution >= 0.6 is 0 Å². The zero-order valence-electron chi connectivity index (χ0n) is 15.2. The first kappa shape index (κ1) is 19.0. The third kappa shape index (κ3) is 5.98. The first-order valence-corrected chi connectivity index (χ1v) is 9.25. The third-order valence-corrected chi connectivity index (χ3v) is 4.92. The fourth-order valence-electron chi connectivity index (χ4n) is 3.21. The van der Waals surface area contributed by atoms with E-state index < -0.39 is 0 Å². The summed E-state index contributed by atoms with van der Waals surface area (Å²) in [6.45, 7) is 10.3. The summed E-state index contributed by atoms with van der Waals surface area (Å²) in [6.07, 6.45) is 14.1. The van der Waals surface area contributed by atoms with E-state index in [-0.39, 0.29) is 5.91 Å². The summed E-state index contributed by atoms with van der Waals surface area (Å²) >= 11 is 0. The maximum Gasteiger partial charge on any atom is 0.253 e. The number of unbranched alkanes of at least 4 members (excludes halogenated alkanes) is 3. The molecule has 1 aliphatic rings. The van der Waals surface area contributed by atoms with Crippen LogP contribution in [0.2, 0.25) is 0 Å². The van der Waals surface area contributed by atoms with Crippen molar-refractivity contribution < 1.29 is 4.79 Å². The van der Waals surface area contributed by atoms with Gasteiger partial charge in [-0.2, -0.15) is 0 Å². The molecule has 0 aromatic rings. The van der Waals surface area contributed by atoms with Gasteiger partial charge in [-0.3, -0.25) is 4.79 Å². The first-order valence-electron chi connectivity index (χ1n) is 9.25. The summed E-state index contributed by atoms with van der Waals surface area (Å²) < 4.78 is 0. The topological polar surface area (TPSA) is 20.3 Å². The molecule has 22 heavy (non-hydrogen) atoms. The molecule has 1 fully saturated rings. The molecular weight excluding hydrogens is 270 g/mol. The average Bonchev–Trinajstić information content (AvgIpc) is 2.56. The Morgan fingerprint density at radius 1 is 1.14 bits per heavy atom. The highest BCUT2D eigenvalue weighted by molar-refractivity contribution is 5.97. The van der Waals surface area contributed by atoms with Gasteiger partial charge < -0.3 is 4.90 Å². The van der Waals surface area contributed by atoms with Gasteiger partial charge in [0.2, 0.25) is 0 Å². The molecule has 0 aromatic heterocycles. The van der Waals surface area contributed by atoms with Gasteiger partial charge in [0, 0.05) is 18.7 Å². The Morgan fingerprint density at radius 2 is 1.82 bits per heavy atom. The SMILES string of the molecule is CC=CC(C(=O)N1CCC(CCCCCC)CC1)=C(C)CC. The molecule has 0 aromatic carbocycles. The lowest BCUT2D eigenvalue weighted by Gasteiger charge is -2.32. The Bertz CT molecular complexity index is 387. The van der Waals surface area contributed by atoms with Crippen molar-refractivity contribution in [2.75, 3.05) is 13.1 Å². The molecule has 2 heteroatoms. The van der Waals surface area contributed by atoms with Gasteiger partial charge in [0.05, 0.1) is 0 Å². The quantitative estimate of drug-likeness (QED) is 0.329. The molecule has 0 N–H and O–H groups in total. The van der Waals surface area contributed by atoms with E-state index in [2.05, 4.69) is 25.7 Å². The van der Waals surface area contributed by atoms with E-state index in [1.54, 1.807) is 0 Å². The van der Waals surface area contributed by atoms with Crippen molar-refractivity contribution in [2.45, 2.75) is 79.1 Å². The predicted molar refractivity (Wildman–Crippen MR) is 95.9 cm³/mol. The molecule has 126 valence electrons. The number of carbonyl (C=O) groups excluding carboxylic acids is 1. The molecule has 0 atom stereocenters. The van der Waals surface area contributed by atoms with Crippen LogP contribution in [-0.4, -0.2) is 23.9 Å². The molecule has 0 unspecified atom stereocenters. The summed E-state index contributed by atoms with van der Waals surface area (Å²) in [7, 11) is 0. The molecule has 0 bridgehead atoms. The number of hydrogen-bond donors (Lipinski definition) is 0. The van der Waals surface area contributed by atoms with Crippen LogP contribution in [0.15, 0.2) is 23.3 Å². The zero-order valence-corrected chi connectivity index (χ0v) is 15.2. The van der Waals surface area contributed by atoms with Crippen molar-refractivity contribution in [2.24, 2.45) is 5.92 Å². The predicted octanol–water partition coefficient (Wildman–Crippen LogP) is 5.50. The van der Waals surface area contributed by atoms with Crippen molar-refractivity contribution in [1.82, 2.24) is 4.90 Å². The minimum Gasteiger partial charge on any atom is -0.339 e. The molecule has 1 saturated heterocycles. The number of amides is 1. The molecule has 0 aliphatic carbocycles. The number of allylic oxidation sites excluding steroid dienone is 2. The summed E-state index contributed by atoms with van der Waals surface area (Å²) in [4.78, 5) is 14.8. The smallest absolute Gasteiger partial charge is 0.253 e. The van der Waals surface area contributed by atoms with Gasteiger partial charge in [-0.25, -0.2) is 0 Å². The number of carbonyl (C=O) groups is 1. The van der Waals surface area contributed by atoms with E-state index in [1.165, 1.54) is 50.5 Å². The molecule has 1 heterocycles. The van der Waals surface area contributed by atoms with Gasteiger partial charge >= 0.3 is 0 Å². The lowest BCUT2D eigenvalue weighted by Crippen LogP contribution is -2.39. The van der Waals surface area contributed by atoms with Crippen LogP contribution in [0.3, 0.4) is 0 Å². The Morgan fingerprint density at radius 3 is 2.36 bits per heavy atom. The lowest BCUT2D eigenvalue weighted by molar-refractivity contribution is -0.128. The summed E-state index contributed by atoms with van der Waals surface area (Å²) in [5.74, 6) is 1.07. The van der Waals surface area contributed by atoms with Crippen LogP contribution < -0.4 is 0 Å². The van der Waals surface area contributed by atoms with Gasteiger partial charge in [0.25, 0.3) is 5.91 Å². The van der Waals surface area contributed by atoms with Crippen molar-refractivity contribution in [3.8, 4) is 0 Å². The Labute approximate surface area is 137 Å². The molecule has 0 saturated carbocycles. The molecule has 1 rings (SSSR count). The summed E-state index contributed by atoms with van der Waals surface area (Å²) in [6, 6.07) is 0. The Hall–Kier alpha value is -1.05. The second-order valence-corrected chi connectivity index (χ2v) is 6.63. The van der Waals surface area contributed by atoms with Gasteiger partial charge in [-0.1, -0.05) is 63.7 Å². The van der Waals surface area contributed by atoms with Crippen LogP contribution in [0.25, 0.3) is 0 Å². The molecule has 0 spiro atoms. The Kier molecular flexibility index (Phi) is 9.19. The monoisotopic (exact) mass is 305 g/mol. The second kappa shape index (κ2) is 10.6. The van der Waals surface area contributed by atoms with Crippen LogP contribution in [0, 0.1) is 5.92 Å². The number of rotatable bonds is 8. The van der Waals surface area contributed by atoms with E-state index >= 15 is 0 Å². The van der Waals surface area contributed by atoms with E-state index in [4.69, 9.17) is 0 Å². The summed E-state index contributed by atoms with van der Waals surface area (Å²) in [5, 5.41) is 0. The first-order chi connectivity index (χ1) is 10.6. The van der Waals surface area contributed by atoms with Crippen LogP contribution in [0.1, 0.15) is 79.1 Å². The number of hydrogen-bond acceptors (Lipinski definition) is 1. The fraction of sp³-hybridized carbons (Fsp3) is 0.750. The average molecular weight is 306 g/mol. The highest BCUT2D eigenvalue weighted by Crippen LogP contribution is 2.25. The molecule has 1 aliphatic heterocycles. The standard InChI is InChI=1S/C20H35NO/c1-5-8-9-10-12-18-13-15-21(16-14-18)20(22)19(11-6-2)17(4)7-3/h6,11,18H,5,7-10,12-16H2,1-4H3. The molecule has 2 nitrogen and oxygen atoms in total. The van der Waals surface area contributed by atoms with Gasteiger partial charge in [0.1, 0.15) is 0 Å². The van der Waals surface area contributed by atoms with Gasteiger partial charge in [-0.15, -0.1) is 0 Å². The van der Waals surface area contributed by atoms with E-state index in [9.17, 15) is 4.79 Å². The van der Waals surface area contributed by atoms with E-state index in [0.29, 0.717) is 0 Å². The van der Waals surface area contributed by atoms with Gasteiger partial charge in [0.15, 0.2) is 0 Å². The van der Waals surface area contributed by atoms with Crippen molar-refractivity contribution in [3.63, 3.8) is 0 Å². The van der Waals surface area contributed by atoms with E-state index in [0.717, 1.165) is 31.0 Å². The molecular formula is C20H35NO. The largest absolute Gasteiger partial charge is 0.339 e. The second-order valence-electron chi connectivity index (χ2n) is 6.63. The van der Waals surface area contributed by atoms with Gasteiger partial charge in [-0.05, 0) is 39.0 Å². The van der Waals surface area contributed by atoms with Crippen LogP contribution in [0.5, 0.6) is 0 Å². The third-order valence-electron chi connectivity index (χ3n) is 4.92. The highest BCUT2D eigenvalue weighted by Gasteiger charge is 2.24. The number of piperidine rings is 1. The highest BCUT2D eigenvalue weighted by atomic mass is 16.2. The number of nitrogens with zero attached hydrogens (tertiary/aromatic N) is 1. The van der Waals surface area contributed by atoms with Crippen molar-refractivity contribution >= 4 is 5.91 Å². The number of likely N-dealkylation sites (tertiary alicyclic amines) is 1. The molecule has 0 radical (unpaired) electrons. The maximum atomic E-state index is 12.7. The lowest BCUT2D eigenvalue weighted by atomic mass is 9.90. The van der Waals surface area contributed by atoms with Crippen LogP contribution in [-0.2, 0) is 4.79 Å². The minimum absolute atomic E-state index is 0.238. The van der Waals surface area contributed by atoms with Crippen LogP contribution in [0.4, 0.5) is 0 Å². The minimum atomic E-state index is 0.238. The van der Waals surface area contributed by atoms with Crippen molar-refractivity contribution in [3.05, 3.63) is 23.3 Å². The normalized spacial score (nSPS) is 17.9. The molecule has 1 amide bonds. The fourth-order valence-corrected chi connectivity index (χ4v) is 3.21. The van der Waals surface area contributed by atoms with E-state index in [1.807, 2.05) is 19.1 Å². The van der Waals surface area contributed by atoms with Crippen molar-refractivity contribution in [1.29, 1.82) is 0 Å². The maximum absolute atomic E-state index is 12.7. The zero-order chi connectivity index (χ0) is 16.4.